The molecule has 0 unspecified atom stereocenters. The van der Waals surface area contributed by atoms with Crippen LogP contribution in [0.15, 0.2) is 62.9 Å². The molecule has 2 aliphatic rings. The van der Waals surface area contributed by atoms with Crippen LogP contribution in [0.25, 0.3) is 0 Å². The maximum atomic E-state index is 12.6. The molecule has 0 spiro atoms. The van der Waals surface area contributed by atoms with Crippen LogP contribution < -0.4 is 0 Å². The minimum Gasteiger partial charge on any atom is -0.472 e. The van der Waals surface area contributed by atoms with Crippen molar-refractivity contribution in [3.63, 3.8) is 0 Å². The Bertz CT molecular complexity index is 914. The van der Waals surface area contributed by atoms with Gasteiger partial charge in [0.15, 0.2) is 0 Å². The van der Waals surface area contributed by atoms with Crippen LogP contribution in [-0.4, -0.2) is 18.5 Å². The van der Waals surface area contributed by atoms with E-state index < -0.39 is 11.4 Å². The summed E-state index contributed by atoms with van der Waals surface area (Å²) in [5.74, 6) is -0.730. The molecule has 2 aromatic rings. The van der Waals surface area contributed by atoms with Gasteiger partial charge in [0.05, 0.1) is 18.1 Å². The van der Waals surface area contributed by atoms with E-state index in [0.717, 1.165) is 34.9 Å². The highest BCUT2D eigenvalue weighted by Gasteiger charge is 2.53. The van der Waals surface area contributed by atoms with E-state index in [2.05, 4.69) is 15.9 Å². The second kappa shape index (κ2) is 7.00. The van der Waals surface area contributed by atoms with Gasteiger partial charge in [0.2, 0.25) is 0 Å². The Labute approximate surface area is 165 Å². The monoisotopic (exact) mass is 430 g/mol. The fourth-order valence-electron chi connectivity index (χ4n) is 4.11. The molecule has 0 saturated carbocycles. The van der Waals surface area contributed by atoms with Gasteiger partial charge < -0.3 is 13.9 Å². The Hall–Kier alpha value is -2.34. The number of esters is 2. The molecule has 1 aromatic heterocycles. The van der Waals surface area contributed by atoms with Crippen molar-refractivity contribution in [2.45, 2.75) is 32.3 Å². The SMILES string of the molecule is C[C@@]12CCCC(COC(=O)c3cccc(Br)c3)=C1C(=O)O[C@H]2c1ccoc1. The van der Waals surface area contributed by atoms with Gasteiger partial charge in [-0.15, -0.1) is 0 Å². The number of furan rings is 1. The number of cyclic esters (lactones) is 1. The van der Waals surface area contributed by atoms with Crippen LogP contribution in [0, 0.1) is 5.41 Å². The van der Waals surface area contributed by atoms with Crippen molar-refractivity contribution in [2.75, 3.05) is 6.61 Å². The molecule has 1 aromatic carbocycles. The third-order valence-electron chi connectivity index (χ3n) is 5.39. The highest BCUT2D eigenvalue weighted by molar-refractivity contribution is 9.10. The maximum Gasteiger partial charge on any atom is 0.338 e. The first-order chi connectivity index (χ1) is 13.0. The second-order valence-corrected chi connectivity index (χ2v) is 8.09. The first-order valence-electron chi connectivity index (χ1n) is 8.87. The number of fused-ring (bicyclic) bond motifs is 1. The molecule has 5 nitrogen and oxygen atoms in total. The molecule has 27 heavy (non-hydrogen) atoms. The van der Waals surface area contributed by atoms with Crippen molar-refractivity contribution >= 4 is 27.9 Å². The number of hydrogen-bond donors (Lipinski definition) is 0. The van der Waals surface area contributed by atoms with Crippen molar-refractivity contribution in [2.24, 2.45) is 5.41 Å². The van der Waals surface area contributed by atoms with Gasteiger partial charge >= 0.3 is 11.9 Å². The van der Waals surface area contributed by atoms with Crippen LogP contribution in [0.1, 0.15) is 48.2 Å². The number of hydrogen-bond acceptors (Lipinski definition) is 5. The molecule has 1 saturated heterocycles. The van der Waals surface area contributed by atoms with Crippen LogP contribution in [0.3, 0.4) is 0 Å². The first-order valence-corrected chi connectivity index (χ1v) is 9.66. The fourth-order valence-corrected chi connectivity index (χ4v) is 4.51. The Kier molecular flexibility index (Phi) is 4.68. The van der Waals surface area contributed by atoms with Crippen molar-refractivity contribution in [1.82, 2.24) is 0 Å². The van der Waals surface area contributed by atoms with Gasteiger partial charge in [-0.2, -0.15) is 0 Å². The lowest BCUT2D eigenvalue weighted by Gasteiger charge is -2.33. The van der Waals surface area contributed by atoms with E-state index in [1.54, 1.807) is 30.7 Å². The molecule has 0 radical (unpaired) electrons. The largest absolute Gasteiger partial charge is 0.472 e. The van der Waals surface area contributed by atoms with E-state index in [-0.39, 0.29) is 18.7 Å². The molecule has 2 heterocycles. The molecule has 0 bridgehead atoms. The van der Waals surface area contributed by atoms with Gasteiger partial charge in [-0.3, -0.25) is 0 Å². The third-order valence-corrected chi connectivity index (χ3v) is 5.88. The van der Waals surface area contributed by atoms with E-state index in [1.807, 2.05) is 19.1 Å². The van der Waals surface area contributed by atoms with Gasteiger partial charge in [-0.05, 0) is 49.1 Å². The number of benzene rings is 1. The summed E-state index contributed by atoms with van der Waals surface area (Å²) in [5.41, 5.74) is 2.40. The minimum atomic E-state index is -0.434. The lowest BCUT2D eigenvalue weighted by molar-refractivity contribution is -0.140. The molecule has 1 aliphatic heterocycles. The number of halogens is 1. The second-order valence-electron chi connectivity index (χ2n) is 7.18. The van der Waals surface area contributed by atoms with E-state index in [9.17, 15) is 9.59 Å². The Morgan fingerprint density at radius 3 is 2.96 bits per heavy atom. The van der Waals surface area contributed by atoms with Gasteiger partial charge in [0, 0.05) is 21.0 Å². The van der Waals surface area contributed by atoms with Crippen molar-refractivity contribution < 1.29 is 23.5 Å². The average molecular weight is 431 g/mol. The molecule has 0 N–H and O–H groups in total. The molecule has 6 heteroatoms. The smallest absolute Gasteiger partial charge is 0.338 e. The fraction of sp³-hybridized carbons (Fsp3) is 0.333. The molecule has 0 amide bonds. The molecular weight excluding hydrogens is 412 g/mol. The number of carbonyl (C=O) groups is 2. The summed E-state index contributed by atoms with van der Waals surface area (Å²) >= 11 is 3.35. The summed E-state index contributed by atoms with van der Waals surface area (Å²) in [6.45, 7) is 2.14. The number of carbonyl (C=O) groups excluding carboxylic acids is 2. The average Bonchev–Trinajstić information content (AvgIpc) is 3.26. The summed E-state index contributed by atoms with van der Waals surface area (Å²) in [5, 5.41) is 0. The highest BCUT2D eigenvalue weighted by atomic mass is 79.9. The van der Waals surface area contributed by atoms with E-state index in [0.29, 0.717) is 11.1 Å². The zero-order valence-corrected chi connectivity index (χ0v) is 16.5. The topological polar surface area (TPSA) is 65.7 Å². The lowest BCUT2D eigenvalue weighted by atomic mass is 9.68. The predicted octanol–water partition coefficient (Wildman–Crippen LogP) is 4.98. The number of rotatable bonds is 4. The predicted molar refractivity (Wildman–Crippen MR) is 101 cm³/mol. The van der Waals surface area contributed by atoms with Crippen molar-refractivity contribution in [1.29, 1.82) is 0 Å². The molecular formula is C21H19BrO5. The zero-order valence-electron chi connectivity index (χ0n) is 14.9. The molecule has 1 fully saturated rings. The maximum absolute atomic E-state index is 12.6. The highest BCUT2D eigenvalue weighted by Crippen LogP contribution is 2.55. The molecule has 140 valence electrons. The normalized spacial score (nSPS) is 24.5. The summed E-state index contributed by atoms with van der Waals surface area (Å²) in [6, 6.07) is 8.87. The van der Waals surface area contributed by atoms with E-state index in [4.69, 9.17) is 13.9 Å². The number of ether oxygens (including phenoxy) is 2. The van der Waals surface area contributed by atoms with Crippen LogP contribution in [0.2, 0.25) is 0 Å². The Morgan fingerprint density at radius 1 is 1.37 bits per heavy atom. The standard InChI is InChI=1S/C21H19BrO5/c1-21-8-3-5-14(12-26-19(23)13-4-2-6-16(22)10-13)17(21)20(24)27-18(21)15-7-9-25-11-15/h2,4,6-7,9-11,18H,3,5,8,12H2,1H3/t18-,21+/m0/s1. The van der Waals surface area contributed by atoms with Gasteiger partial charge in [0.1, 0.15) is 12.7 Å². The third kappa shape index (κ3) is 3.23. The van der Waals surface area contributed by atoms with Gasteiger partial charge in [-0.1, -0.05) is 28.9 Å². The summed E-state index contributed by atoms with van der Waals surface area (Å²) in [7, 11) is 0. The molecule has 2 atom stereocenters. The molecule has 4 rings (SSSR count). The summed E-state index contributed by atoms with van der Waals surface area (Å²) in [4.78, 5) is 25.0. The van der Waals surface area contributed by atoms with Crippen LogP contribution in [-0.2, 0) is 14.3 Å². The summed E-state index contributed by atoms with van der Waals surface area (Å²) < 4.78 is 17.2. The van der Waals surface area contributed by atoms with Gasteiger partial charge in [0.25, 0.3) is 0 Å². The van der Waals surface area contributed by atoms with Crippen molar-refractivity contribution in [3.05, 3.63) is 69.6 Å². The Balaban J connectivity index is 1.58. The quantitative estimate of drug-likeness (QED) is 0.639. The minimum absolute atomic E-state index is 0.101. The Morgan fingerprint density at radius 2 is 2.22 bits per heavy atom. The summed E-state index contributed by atoms with van der Waals surface area (Å²) in [6.07, 6.45) is 5.31. The van der Waals surface area contributed by atoms with E-state index in [1.165, 1.54) is 0 Å². The van der Waals surface area contributed by atoms with Crippen LogP contribution in [0.4, 0.5) is 0 Å². The van der Waals surface area contributed by atoms with Crippen LogP contribution in [0.5, 0.6) is 0 Å². The zero-order chi connectivity index (χ0) is 19.0. The lowest BCUT2D eigenvalue weighted by Crippen LogP contribution is -2.28. The van der Waals surface area contributed by atoms with Crippen LogP contribution >= 0.6 is 15.9 Å². The molecule has 1 aliphatic carbocycles. The van der Waals surface area contributed by atoms with Crippen molar-refractivity contribution in [3.8, 4) is 0 Å². The van der Waals surface area contributed by atoms with Gasteiger partial charge in [-0.25, -0.2) is 9.59 Å². The van der Waals surface area contributed by atoms with E-state index >= 15 is 0 Å². The first kappa shape index (κ1) is 18.0.